The zero-order chi connectivity index (χ0) is 21.0. The molecule has 7 nitrogen and oxygen atoms in total. The van der Waals surface area contributed by atoms with Crippen molar-refractivity contribution in [1.29, 1.82) is 0 Å². The van der Waals surface area contributed by atoms with Crippen LogP contribution in [0.25, 0.3) is 0 Å². The van der Waals surface area contributed by atoms with E-state index >= 15 is 0 Å². The molecule has 1 aromatic heterocycles. The second-order valence-corrected chi connectivity index (χ2v) is 9.77. The molecule has 1 N–H and O–H groups in total. The van der Waals surface area contributed by atoms with E-state index in [0.717, 1.165) is 11.5 Å². The molecule has 0 aliphatic carbocycles. The maximum atomic E-state index is 11.9. The number of aliphatic hydroxyl groups is 1. The largest absolute Gasteiger partial charge is 0.491 e. The molecule has 1 saturated heterocycles. The van der Waals surface area contributed by atoms with Gasteiger partial charge >= 0.3 is 0 Å². The Morgan fingerprint density at radius 1 is 1.28 bits per heavy atom. The van der Waals surface area contributed by atoms with Gasteiger partial charge in [-0.05, 0) is 56.7 Å². The van der Waals surface area contributed by atoms with Crippen LogP contribution in [0.2, 0.25) is 0 Å². The summed E-state index contributed by atoms with van der Waals surface area (Å²) in [6.07, 6.45) is -0.260. The lowest BCUT2D eigenvalue weighted by Gasteiger charge is -2.29. The normalized spacial score (nSPS) is 19.4. The Morgan fingerprint density at radius 2 is 2.00 bits per heavy atom. The Bertz CT molecular complexity index is 934. The van der Waals surface area contributed by atoms with Crippen LogP contribution in [0.3, 0.4) is 0 Å². The second kappa shape index (κ2) is 9.11. The zero-order valence-electron chi connectivity index (χ0n) is 16.7. The van der Waals surface area contributed by atoms with Crippen molar-refractivity contribution in [2.75, 3.05) is 24.7 Å². The zero-order valence-corrected chi connectivity index (χ0v) is 17.5. The lowest BCUT2D eigenvalue weighted by molar-refractivity contribution is 0.0496. The van der Waals surface area contributed by atoms with E-state index in [-0.39, 0.29) is 36.5 Å². The fourth-order valence-corrected chi connectivity index (χ4v) is 5.24. The summed E-state index contributed by atoms with van der Waals surface area (Å²) < 4.78 is 35.1. The summed E-state index contributed by atoms with van der Waals surface area (Å²) in [6, 6.07) is 10.3. The highest BCUT2D eigenvalue weighted by atomic mass is 32.2. The van der Waals surface area contributed by atoms with Gasteiger partial charge in [-0.3, -0.25) is 9.69 Å². The number of carbonyl (C=O) groups is 1. The molecule has 0 radical (unpaired) electrons. The minimum Gasteiger partial charge on any atom is -0.491 e. The quantitative estimate of drug-likeness (QED) is 0.620. The summed E-state index contributed by atoms with van der Waals surface area (Å²) in [6.45, 7) is 4.11. The number of furan rings is 1. The van der Waals surface area contributed by atoms with Crippen molar-refractivity contribution in [2.45, 2.75) is 39.0 Å². The summed E-state index contributed by atoms with van der Waals surface area (Å²) in [5.74, 6) is 2.32. The van der Waals surface area contributed by atoms with Crippen LogP contribution < -0.4 is 4.74 Å². The SMILES string of the molecule is CC(=O)c1ccc(OCC(O)CN(Cc2ccc(C)o2)C2CCS(=O)(=O)C2)cc1. The first-order chi connectivity index (χ1) is 13.7. The third kappa shape index (κ3) is 6.16. The first kappa shape index (κ1) is 21.5. The molecule has 2 aromatic rings. The van der Waals surface area contributed by atoms with Crippen LogP contribution in [0.4, 0.5) is 0 Å². The van der Waals surface area contributed by atoms with Crippen LogP contribution in [0.5, 0.6) is 5.75 Å². The summed E-state index contributed by atoms with van der Waals surface area (Å²) >= 11 is 0. The highest BCUT2D eigenvalue weighted by Crippen LogP contribution is 2.21. The van der Waals surface area contributed by atoms with Crippen molar-refractivity contribution in [3.8, 4) is 5.75 Å². The van der Waals surface area contributed by atoms with E-state index in [1.807, 2.05) is 24.0 Å². The molecular formula is C21H27NO6S. The van der Waals surface area contributed by atoms with E-state index < -0.39 is 15.9 Å². The minimum atomic E-state index is -3.04. The summed E-state index contributed by atoms with van der Waals surface area (Å²) in [5.41, 5.74) is 0.597. The van der Waals surface area contributed by atoms with Crippen molar-refractivity contribution < 1.29 is 27.5 Å². The number of rotatable bonds is 9. The van der Waals surface area contributed by atoms with Crippen LogP contribution >= 0.6 is 0 Å². The van der Waals surface area contributed by atoms with Gasteiger partial charge in [0.2, 0.25) is 0 Å². The molecule has 2 unspecified atom stereocenters. The number of aryl methyl sites for hydroxylation is 1. The van der Waals surface area contributed by atoms with Gasteiger partial charge in [0.1, 0.15) is 30.0 Å². The smallest absolute Gasteiger partial charge is 0.159 e. The first-order valence-electron chi connectivity index (χ1n) is 9.63. The Labute approximate surface area is 171 Å². The molecule has 3 rings (SSSR count). The average Bonchev–Trinajstić information content (AvgIpc) is 3.24. The third-order valence-corrected chi connectivity index (χ3v) is 6.78. The topological polar surface area (TPSA) is 97.1 Å². The van der Waals surface area contributed by atoms with Crippen molar-refractivity contribution in [3.63, 3.8) is 0 Å². The van der Waals surface area contributed by atoms with Crippen molar-refractivity contribution >= 4 is 15.6 Å². The maximum Gasteiger partial charge on any atom is 0.159 e. The molecular weight excluding hydrogens is 394 g/mol. The van der Waals surface area contributed by atoms with Gasteiger partial charge in [0.05, 0.1) is 18.1 Å². The Morgan fingerprint density at radius 3 is 2.55 bits per heavy atom. The fourth-order valence-electron chi connectivity index (χ4n) is 3.48. The Balaban J connectivity index is 1.60. The summed E-state index contributed by atoms with van der Waals surface area (Å²) in [5, 5.41) is 10.5. The van der Waals surface area contributed by atoms with E-state index in [1.54, 1.807) is 24.3 Å². The molecule has 0 bridgehead atoms. The fraction of sp³-hybridized carbons (Fsp3) is 0.476. The van der Waals surface area contributed by atoms with E-state index in [1.165, 1.54) is 6.92 Å². The van der Waals surface area contributed by atoms with Gasteiger partial charge in [-0.25, -0.2) is 8.42 Å². The number of hydrogen-bond acceptors (Lipinski definition) is 7. The number of sulfone groups is 1. The molecule has 0 saturated carbocycles. The van der Waals surface area contributed by atoms with Crippen molar-refractivity contribution in [2.24, 2.45) is 0 Å². The molecule has 1 fully saturated rings. The van der Waals surface area contributed by atoms with Gasteiger partial charge in [-0.2, -0.15) is 0 Å². The standard InChI is InChI=1S/C21H27NO6S/c1-15-3-6-21(28-15)12-22(18-9-10-29(25,26)14-18)11-19(24)13-27-20-7-4-17(5-8-20)16(2)23/h3-8,18-19,24H,9-14H2,1-2H3. The van der Waals surface area contributed by atoms with Gasteiger partial charge in [-0.15, -0.1) is 0 Å². The van der Waals surface area contributed by atoms with Gasteiger partial charge in [0.15, 0.2) is 15.6 Å². The van der Waals surface area contributed by atoms with Crippen LogP contribution in [0.1, 0.15) is 35.2 Å². The first-order valence-corrected chi connectivity index (χ1v) is 11.5. The summed E-state index contributed by atoms with van der Waals surface area (Å²) in [7, 11) is -3.04. The van der Waals surface area contributed by atoms with Gasteiger partial charge in [0.25, 0.3) is 0 Å². The van der Waals surface area contributed by atoms with Crippen LogP contribution in [-0.2, 0) is 16.4 Å². The molecule has 158 valence electrons. The van der Waals surface area contributed by atoms with Crippen molar-refractivity contribution in [1.82, 2.24) is 4.90 Å². The van der Waals surface area contributed by atoms with Gasteiger partial charge in [0, 0.05) is 18.2 Å². The third-order valence-electron chi connectivity index (χ3n) is 5.03. The van der Waals surface area contributed by atoms with Gasteiger partial charge < -0.3 is 14.3 Å². The van der Waals surface area contributed by atoms with Crippen molar-refractivity contribution in [3.05, 3.63) is 53.5 Å². The van der Waals surface area contributed by atoms with Crippen LogP contribution in [-0.4, -0.2) is 61.0 Å². The van der Waals surface area contributed by atoms with Crippen LogP contribution in [0, 0.1) is 6.92 Å². The molecule has 1 aliphatic rings. The molecule has 0 spiro atoms. The minimum absolute atomic E-state index is 0.0214. The number of ketones is 1. The number of nitrogens with zero attached hydrogens (tertiary/aromatic N) is 1. The lowest BCUT2D eigenvalue weighted by Crippen LogP contribution is -2.42. The van der Waals surface area contributed by atoms with E-state index in [4.69, 9.17) is 9.15 Å². The average molecular weight is 422 g/mol. The molecule has 1 aliphatic heterocycles. The summed E-state index contributed by atoms with van der Waals surface area (Å²) in [4.78, 5) is 13.3. The Kier molecular flexibility index (Phi) is 6.77. The number of benzene rings is 1. The van der Waals surface area contributed by atoms with E-state index in [2.05, 4.69) is 0 Å². The van der Waals surface area contributed by atoms with E-state index in [9.17, 15) is 18.3 Å². The molecule has 1 aromatic carbocycles. The van der Waals surface area contributed by atoms with Crippen LogP contribution in [0.15, 0.2) is 40.8 Å². The Hall–Kier alpha value is -2.16. The van der Waals surface area contributed by atoms with Gasteiger partial charge in [-0.1, -0.05) is 0 Å². The monoisotopic (exact) mass is 421 g/mol. The molecule has 2 atom stereocenters. The molecule has 2 heterocycles. The molecule has 29 heavy (non-hydrogen) atoms. The lowest BCUT2D eigenvalue weighted by atomic mass is 10.1. The number of aliphatic hydroxyl groups excluding tert-OH is 1. The number of hydrogen-bond donors (Lipinski definition) is 1. The maximum absolute atomic E-state index is 11.9. The van der Waals surface area contributed by atoms with E-state index in [0.29, 0.717) is 24.3 Å². The predicted octanol–water partition coefficient (Wildman–Crippen LogP) is 2.22. The number of carbonyl (C=O) groups excluding carboxylic acids is 1. The number of ether oxygens (including phenoxy) is 1. The highest BCUT2D eigenvalue weighted by Gasteiger charge is 2.33. The molecule has 0 amide bonds. The number of Topliss-reactive ketones (excluding diaryl/α,β-unsaturated/α-hetero) is 1. The second-order valence-electron chi connectivity index (χ2n) is 7.54. The molecule has 8 heteroatoms. The highest BCUT2D eigenvalue weighted by molar-refractivity contribution is 7.91. The predicted molar refractivity (Wildman–Crippen MR) is 109 cm³/mol.